The normalized spacial score (nSPS) is 12.4. The lowest BCUT2D eigenvalue weighted by molar-refractivity contribution is 0.579. The Kier molecular flexibility index (Phi) is 3.94. The summed E-state index contributed by atoms with van der Waals surface area (Å²) in [4.78, 5) is 0. The van der Waals surface area contributed by atoms with Gasteiger partial charge in [-0.1, -0.05) is 35.9 Å². The minimum absolute atomic E-state index is 0.0493. The molecule has 0 aliphatic heterocycles. The van der Waals surface area contributed by atoms with Crippen molar-refractivity contribution >= 4 is 11.6 Å². The highest BCUT2D eigenvalue weighted by Gasteiger charge is 2.12. The predicted molar refractivity (Wildman–Crippen MR) is 68.4 cm³/mol. The Hall–Kier alpha value is -1.45. The van der Waals surface area contributed by atoms with Crippen LogP contribution in [0.5, 0.6) is 0 Å². The molecular weight excluding hydrogens is 256 g/mol. The molecule has 2 aromatic rings. The van der Waals surface area contributed by atoms with E-state index in [0.29, 0.717) is 12.0 Å². The largest absolute Gasteiger partial charge is 0.324 e. The van der Waals surface area contributed by atoms with E-state index in [9.17, 15) is 8.78 Å². The Morgan fingerprint density at radius 3 is 2.44 bits per heavy atom. The Balaban J connectivity index is 2.19. The van der Waals surface area contributed by atoms with Crippen molar-refractivity contribution in [1.29, 1.82) is 0 Å². The molecule has 0 aliphatic carbocycles. The zero-order chi connectivity index (χ0) is 13.1. The summed E-state index contributed by atoms with van der Waals surface area (Å²) >= 11 is 5.68. The fraction of sp³-hybridized carbons (Fsp3) is 0.143. The van der Waals surface area contributed by atoms with Gasteiger partial charge >= 0.3 is 0 Å². The average Bonchev–Trinajstić information content (AvgIpc) is 2.34. The average molecular weight is 268 g/mol. The van der Waals surface area contributed by atoms with E-state index in [-0.39, 0.29) is 10.8 Å². The summed E-state index contributed by atoms with van der Waals surface area (Å²) in [5.74, 6) is -0.807. The lowest BCUT2D eigenvalue weighted by atomic mass is 9.99. The van der Waals surface area contributed by atoms with E-state index in [1.807, 2.05) is 0 Å². The molecule has 0 saturated carbocycles. The SMILES string of the molecule is NC(Cc1ccc(F)c(Cl)c1)c1ccccc1F. The van der Waals surface area contributed by atoms with Gasteiger partial charge in [0, 0.05) is 11.6 Å². The number of hydrogen-bond donors (Lipinski definition) is 1. The second-order valence-corrected chi connectivity index (χ2v) is 4.49. The minimum atomic E-state index is -0.479. The molecule has 94 valence electrons. The zero-order valence-electron chi connectivity index (χ0n) is 9.54. The third-order valence-corrected chi connectivity index (χ3v) is 3.03. The monoisotopic (exact) mass is 267 g/mol. The third kappa shape index (κ3) is 2.86. The molecule has 0 radical (unpaired) electrons. The van der Waals surface area contributed by atoms with Crippen molar-refractivity contribution in [1.82, 2.24) is 0 Å². The molecule has 4 heteroatoms. The van der Waals surface area contributed by atoms with Crippen molar-refractivity contribution in [3.8, 4) is 0 Å². The number of benzene rings is 2. The highest BCUT2D eigenvalue weighted by Crippen LogP contribution is 2.22. The highest BCUT2D eigenvalue weighted by molar-refractivity contribution is 6.30. The molecule has 1 nitrogen and oxygen atoms in total. The van der Waals surface area contributed by atoms with Gasteiger partial charge < -0.3 is 5.73 Å². The Morgan fingerprint density at radius 1 is 1.06 bits per heavy atom. The van der Waals surface area contributed by atoms with Crippen LogP contribution in [0.15, 0.2) is 42.5 Å². The van der Waals surface area contributed by atoms with Crippen LogP contribution in [0.25, 0.3) is 0 Å². The lowest BCUT2D eigenvalue weighted by Crippen LogP contribution is -2.15. The molecule has 0 fully saturated rings. The smallest absolute Gasteiger partial charge is 0.141 e. The minimum Gasteiger partial charge on any atom is -0.324 e. The van der Waals surface area contributed by atoms with Crippen LogP contribution in [-0.2, 0) is 6.42 Å². The maximum absolute atomic E-state index is 13.5. The van der Waals surface area contributed by atoms with Gasteiger partial charge in [-0.05, 0) is 30.2 Å². The van der Waals surface area contributed by atoms with Crippen molar-refractivity contribution in [3.63, 3.8) is 0 Å². The van der Waals surface area contributed by atoms with E-state index >= 15 is 0 Å². The molecule has 1 unspecified atom stereocenters. The van der Waals surface area contributed by atoms with Crippen LogP contribution in [0.3, 0.4) is 0 Å². The first-order valence-corrected chi connectivity index (χ1v) is 5.89. The molecule has 0 amide bonds. The van der Waals surface area contributed by atoms with E-state index in [0.717, 1.165) is 5.56 Å². The number of hydrogen-bond acceptors (Lipinski definition) is 1. The molecule has 0 saturated heterocycles. The molecule has 2 N–H and O–H groups in total. The summed E-state index contributed by atoms with van der Waals surface area (Å²) in [5.41, 5.74) is 7.16. The predicted octanol–water partition coefficient (Wildman–Crippen LogP) is 3.86. The van der Waals surface area contributed by atoms with Crippen LogP contribution in [0.2, 0.25) is 5.02 Å². The van der Waals surface area contributed by atoms with Gasteiger partial charge in [0.2, 0.25) is 0 Å². The van der Waals surface area contributed by atoms with Crippen molar-refractivity contribution in [2.45, 2.75) is 12.5 Å². The van der Waals surface area contributed by atoms with E-state index in [1.165, 1.54) is 18.2 Å². The molecule has 0 spiro atoms. The van der Waals surface area contributed by atoms with E-state index < -0.39 is 11.9 Å². The van der Waals surface area contributed by atoms with Crippen LogP contribution in [0.4, 0.5) is 8.78 Å². The summed E-state index contributed by atoms with van der Waals surface area (Å²) in [6, 6.07) is 10.3. The Bertz CT molecular complexity index is 557. The second kappa shape index (κ2) is 5.46. The van der Waals surface area contributed by atoms with Gasteiger partial charge in [0.25, 0.3) is 0 Å². The van der Waals surface area contributed by atoms with Gasteiger partial charge in [-0.2, -0.15) is 0 Å². The first-order valence-electron chi connectivity index (χ1n) is 5.52. The first-order chi connectivity index (χ1) is 8.58. The standard InChI is InChI=1S/C14H12ClF2N/c15-11-7-9(5-6-13(11)17)8-14(18)10-3-1-2-4-12(10)16/h1-7,14H,8,18H2. The molecule has 18 heavy (non-hydrogen) atoms. The highest BCUT2D eigenvalue weighted by atomic mass is 35.5. The van der Waals surface area contributed by atoms with E-state index in [1.54, 1.807) is 24.3 Å². The summed E-state index contributed by atoms with van der Waals surface area (Å²) < 4.78 is 26.5. The van der Waals surface area contributed by atoms with Crippen LogP contribution < -0.4 is 5.73 Å². The molecule has 2 aromatic carbocycles. The van der Waals surface area contributed by atoms with Gasteiger partial charge in [0.1, 0.15) is 11.6 Å². The number of rotatable bonds is 3. The molecule has 0 aromatic heterocycles. The van der Waals surface area contributed by atoms with Crippen LogP contribution in [-0.4, -0.2) is 0 Å². The maximum atomic E-state index is 13.5. The number of nitrogens with two attached hydrogens (primary N) is 1. The van der Waals surface area contributed by atoms with E-state index in [4.69, 9.17) is 17.3 Å². The van der Waals surface area contributed by atoms with Gasteiger partial charge in [-0.15, -0.1) is 0 Å². The summed E-state index contributed by atoms with van der Waals surface area (Å²) in [5, 5.41) is 0.0493. The molecule has 0 bridgehead atoms. The molecule has 2 rings (SSSR count). The van der Waals surface area contributed by atoms with E-state index in [2.05, 4.69) is 0 Å². The topological polar surface area (TPSA) is 26.0 Å². The Labute approximate surface area is 109 Å². The first kappa shape index (κ1) is 13.0. The van der Waals surface area contributed by atoms with Crippen molar-refractivity contribution in [2.75, 3.05) is 0 Å². The van der Waals surface area contributed by atoms with Crippen molar-refractivity contribution in [2.24, 2.45) is 5.73 Å². The quantitative estimate of drug-likeness (QED) is 0.898. The fourth-order valence-electron chi connectivity index (χ4n) is 1.81. The van der Waals surface area contributed by atoms with Crippen LogP contribution >= 0.6 is 11.6 Å². The molecule has 0 heterocycles. The summed E-state index contributed by atoms with van der Waals surface area (Å²) in [7, 11) is 0. The van der Waals surface area contributed by atoms with Gasteiger partial charge in [-0.25, -0.2) is 8.78 Å². The van der Waals surface area contributed by atoms with Crippen LogP contribution in [0.1, 0.15) is 17.2 Å². The van der Waals surface area contributed by atoms with Crippen molar-refractivity contribution in [3.05, 3.63) is 70.2 Å². The maximum Gasteiger partial charge on any atom is 0.141 e. The number of halogens is 3. The molecule has 0 aliphatic rings. The molecular formula is C14H12ClF2N. The third-order valence-electron chi connectivity index (χ3n) is 2.74. The second-order valence-electron chi connectivity index (χ2n) is 4.08. The summed E-state index contributed by atoms with van der Waals surface area (Å²) in [6.07, 6.45) is 0.404. The van der Waals surface area contributed by atoms with Gasteiger partial charge in [0.15, 0.2) is 0 Å². The van der Waals surface area contributed by atoms with Crippen molar-refractivity contribution < 1.29 is 8.78 Å². The lowest BCUT2D eigenvalue weighted by Gasteiger charge is -2.13. The zero-order valence-corrected chi connectivity index (χ0v) is 10.3. The van der Waals surface area contributed by atoms with Crippen LogP contribution in [0, 0.1) is 11.6 Å². The van der Waals surface area contributed by atoms with Gasteiger partial charge in [-0.3, -0.25) is 0 Å². The fourth-order valence-corrected chi connectivity index (χ4v) is 2.01. The molecule has 1 atom stereocenters. The Morgan fingerprint density at radius 2 is 1.78 bits per heavy atom. The summed E-state index contributed by atoms with van der Waals surface area (Å²) in [6.45, 7) is 0. The van der Waals surface area contributed by atoms with Gasteiger partial charge in [0.05, 0.1) is 5.02 Å².